The summed E-state index contributed by atoms with van der Waals surface area (Å²) >= 11 is 0. The fourth-order valence-electron chi connectivity index (χ4n) is 3.26. The van der Waals surface area contributed by atoms with Gasteiger partial charge in [-0.1, -0.05) is 12.1 Å². The Labute approximate surface area is 174 Å². The predicted molar refractivity (Wildman–Crippen MR) is 117 cm³/mol. The lowest BCUT2D eigenvalue weighted by Gasteiger charge is -2.19. The van der Waals surface area contributed by atoms with E-state index < -0.39 is 5.97 Å². The number of esters is 1. The van der Waals surface area contributed by atoms with E-state index in [0.717, 1.165) is 22.3 Å². The van der Waals surface area contributed by atoms with Gasteiger partial charge in [-0.2, -0.15) is 10.1 Å². The third kappa shape index (κ3) is 3.55. The number of hydrogen-bond donors (Lipinski definition) is 1. The SMILES string of the molecule is COC(=O)c1ccccc1Nc1nccc(N(C)c2ccc3c(C)n(C)nc3c2)n1. The summed E-state index contributed by atoms with van der Waals surface area (Å²) in [4.78, 5) is 22.8. The van der Waals surface area contributed by atoms with Crippen LogP contribution in [0.1, 0.15) is 16.1 Å². The van der Waals surface area contributed by atoms with Crippen molar-refractivity contribution in [3.63, 3.8) is 0 Å². The lowest BCUT2D eigenvalue weighted by Crippen LogP contribution is -2.13. The average molecular weight is 402 g/mol. The number of aryl methyl sites for hydroxylation is 2. The molecule has 4 aromatic rings. The van der Waals surface area contributed by atoms with E-state index in [1.807, 2.05) is 54.9 Å². The molecule has 0 unspecified atom stereocenters. The van der Waals surface area contributed by atoms with E-state index in [0.29, 0.717) is 23.0 Å². The summed E-state index contributed by atoms with van der Waals surface area (Å²) in [6.45, 7) is 2.05. The van der Waals surface area contributed by atoms with Gasteiger partial charge in [0.25, 0.3) is 0 Å². The molecule has 2 aromatic heterocycles. The zero-order valence-corrected chi connectivity index (χ0v) is 17.2. The minimum Gasteiger partial charge on any atom is -0.465 e. The molecule has 0 aliphatic rings. The molecule has 30 heavy (non-hydrogen) atoms. The molecular weight excluding hydrogens is 380 g/mol. The third-order valence-electron chi connectivity index (χ3n) is 5.06. The molecule has 0 fully saturated rings. The molecule has 0 spiro atoms. The van der Waals surface area contributed by atoms with Crippen LogP contribution in [0.4, 0.5) is 23.1 Å². The highest BCUT2D eigenvalue weighted by Crippen LogP contribution is 2.28. The number of nitrogens with zero attached hydrogens (tertiary/aromatic N) is 5. The maximum Gasteiger partial charge on any atom is 0.339 e. The zero-order valence-electron chi connectivity index (χ0n) is 17.2. The molecule has 0 atom stereocenters. The summed E-state index contributed by atoms with van der Waals surface area (Å²) < 4.78 is 6.72. The van der Waals surface area contributed by atoms with Crippen LogP contribution in [0.2, 0.25) is 0 Å². The van der Waals surface area contributed by atoms with Crippen LogP contribution in [0.3, 0.4) is 0 Å². The van der Waals surface area contributed by atoms with E-state index in [9.17, 15) is 4.79 Å². The Hall–Kier alpha value is -3.94. The molecule has 152 valence electrons. The van der Waals surface area contributed by atoms with Gasteiger partial charge < -0.3 is 15.0 Å². The van der Waals surface area contributed by atoms with Gasteiger partial charge in [0.2, 0.25) is 5.95 Å². The second kappa shape index (κ2) is 7.82. The normalized spacial score (nSPS) is 10.8. The highest BCUT2D eigenvalue weighted by atomic mass is 16.5. The van der Waals surface area contributed by atoms with Gasteiger partial charge in [-0.05, 0) is 43.3 Å². The molecule has 1 N–H and O–H groups in total. The van der Waals surface area contributed by atoms with Crippen LogP contribution in [-0.2, 0) is 11.8 Å². The minimum atomic E-state index is -0.426. The highest BCUT2D eigenvalue weighted by Gasteiger charge is 2.14. The predicted octanol–water partition coefficient (Wildman–Crippen LogP) is 3.97. The first-order valence-corrected chi connectivity index (χ1v) is 9.42. The van der Waals surface area contributed by atoms with Gasteiger partial charge in [-0.15, -0.1) is 0 Å². The van der Waals surface area contributed by atoms with Gasteiger partial charge in [-0.25, -0.2) is 9.78 Å². The maximum absolute atomic E-state index is 12.0. The number of para-hydroxylation sites is 1. The lowest BCUT2D eigenvalue weighted by atomic mass is 10.2. The van der Waals surface area contributed by atoms with Crippen molar-refractivity contribution < 1.29 is 9.53 Å². The van der Waals surface area contributed by atoms with Gasteiger partial charge >= 0.3 is 5.97 Å². The number of aromatic nitrogens is 4. The zero-order chi connectivity index (χ0) is 21.3. The molecule has 0 aliphatic heterocycles. The molecule has 8 heteroatoms. The van der Waals surface area contributed by atoms with Gasteiger partial charge in [0.05, 0.1) is 23.9 Å². The molecule has 0 aliphatic carbocycles. The number of carbonyl (C=O) groups excluding carboxylic acids is 1. The second-order valence-electron chi connectivity index (χ2n) is 6.87. The Bertz CT molecular complexity index is 1230. The molecule has 0 radical (unpaired) electrons. The molecule has 0 saturated carbocycles. The Morgan fingerprint density at radius 1 is 1.17 bits per heavy atom. The number of anilines is 4. The van der Waals surface area contributed by atoms with Crippen molar-refractivity contribution in [3.8, 4) is 0 Å². The smallest absolute Gasteiger partial charge is 0.339 e. The van der Waals surface area contributed by atoms with Crippen molar-refractivity contribution in [2.24, 2.45) is 7.05 Å². The summed E-state index contributed by atoms with van der Waals surface area (Å²) in [5, 5.41) is 8.79. The Balaban J connectivity index is 1.63. The molecule has 0 saturated heterocycles. The van der Waals surface area contributed by atoms with Crippen molar-refractivity contribution in [1.29, 1.82) is 0 Å². The molecule has 2 aromatic carbocycles. The molecule has 0 amide bonds. The molecular formula is C22H22N6O2. The van der Waals surface area contributed by atoms with Gasteiger partial charge in [0.1, 0.15) is 5.82 Å². The van der Waals surface area contributed by atoms with Crippen LogP contribution < -0.4 is 10.2 Å². The van der Waals surface area contributed by atoms with Crippen LogP contribution in [0.15, 0.2) is 54.7 Å². The van der Waals surface area contributed by atoms with Crippen LogP contribution in [-0.4, -0.2) is 39.9 Å². The quantitative estimate of drug-likeness (QED) is 0.506. The van der Waals surface area contributed by atoms with Crippen LogP contribution in [0.25, 0.3) is 10.9 Å². The molecule has 2 heterocycles. The third-order valence-corrected chi connectivity index (χ3v) is 5.06. The van der Waals surface area contributed by atoms with E-state index in [2.05, 4.69) is 26.4 Å². The number of carbonyl (C=O) groups is 1. The Kier molecular flexibility index (Phi) is 5.05. The summed E-state index contributed by atoms with van der Waals surface area (Å²) in [5.74, 6) is 0.658. The first kappa shape index (κ1) is 19.4. The Morgan fingerprint density at radius 2 is 1.97 bits per heavy atom. The van der Waals surface area contributed by atoms with Crippen molar-refractivity contribution in [2.45, 2.75) is 6.92 Å². The van der Waals surface area contributed by atoms with Crippen LogP contribution >= 0.6 is 0 Å². The fraction of sp³-hybridized carbons (Fsp3) is 0.182. The average Bonchev–Trinajstić information content (AvgIpc) is 3.06. The monoisotopic (exact) mass is 402 g/mol. The summed E-state index contributed by atoms with van der Waals surface area (Å²) in [7, 11) is 5.23. The van der Waals surface area contributed by atoms with E-state index in [4.69, 9.17) is 4.74 Å². The minimum absolute atomic E-state index is 0.380. The van der Waals surface area contributed by atoms with Crippen molar-refractivity contribution in [1.82, 2.24) is 19.7 Å². The summed E-state index contributed by atoms with van der Waals surface area (Å²) in [5.41, 5.74) is 4.00. The standard InChI is InChI=1S/C22H22N6O2/c1-14-16-10-9-15(13-19(16)26-28(14)3)27(2)20-11-12-23-22(25-20)24-18-8-6-5-7-17(18)21(29)30-4/h5-13H,1-4H3,(H,23,24,25). The number of ether oxygens (including phenoxy) is 1. The Morgan fingerprint density at radius 3 is 2.77 bits per heavy atom. The first-order chi connectivity index (χ1) is 14.5. The number of hydrogen-bond acceptors (Lipinski definition) is 7. The number of methoxy groups -OCH3 is 1. The van der Waals surface area contributed by atoms with E-state index >= 15 is 0 Å². The van der Waals surface area contributed by atoms with Crippen molar-refractivity contribution >= 4 is 40.0 Å². The summed E-state index contributed by atoms with van der Waals surface area (Å²) in [6.07, 6.45) is 1.67. The van der Waals surface area contributed by atoms with Crippen LogP contribution in [0.5, 0.6) is 0 Å². The highest BCUT2D eigenvalue weighted by molar-refractivity contribution is 5.96. The van der Waals surface area contributed by atoms with Crippen LogP contribution in [0, 0.1) is 6.92 Å². The summed E-state index contributed by atoms with van der Waals surface area (Å²) in [6, 6.07) is 15.0. The number of benzene rings is 2. The maximum atomic E-state index is 12.0. The second-order valence-corrected chi connectivity index (χ2v) is 6.87. The lowest BCUT2D eigenvalue weighted by molar-refractivity contribution is 0.0602. The first-order valence-electron chi connectivity index (χ1n) is 9.42. The van der Waals surface area contributed by atoms with Crippen molar-refractivity contribution in [3.05, 3.63) is 66.0 Å². The van der Waals surface area contributed by atoms with Gasteiger partial charge in [-0.3, -0.25) is 4.68 Å². The van der Waals surface area contributed by atoms with Gasteiger partial charge in [0.15, 0.2) is 0 Å². The fourth-order valence-corrected chi connectivity index (χ4v) is 3.26. The van der Waals surface area contributed by atoms with Gasteiger partial charge in [0, 0.05) is 37.1 Å². The number of fused-ring (bicyclic) bond motifs is 1. The molecule has 8 nitrogen and oxygen atoms in total. The number of nitrogens with one attached hydrogen (secondary N) is 1. The molecule has 0 bridgehead atoms. The van der Waals surface area contributed by atoms with E-state index in [1.165, 1.54) is 7.11 Å². The largest absolute Gasteiger partial charge is 0.465 e. The topological polar surface area (TPSA) is 85.2 Å². The molecule has 4 rings (SSSR count). The van der Waals surface area contributed by atoms with E-state index in [1.54, 1.807) is 24.4 Å². The van der Waals surface area contributed by atoms with Crippen molar-refractivity contribution in [2.75, 3.05) is 24.4 Å². The number of rotatable bonds is 5. The van der Waals surface area contributed by atoms with E-state index in [-0.39, 0.29) is 0 Å².